The number of carbonyl (C=O) groups excluding carboxylic acids is 1. The molecule has 0 aromatic carbocycles. The Morgan fingerprint density at radius 3 is 2.89 bits per heavy atom. The molecule has 18 heavy (non-hydrogen) atoms. The van der Waals surface area contributed by atoms with Crippen LogP contribution in [0.15, 0.2) is 12.4 Å². The van der Waals surface area contributed by atoms with E-state index in [0.29, 0.717) is 0 Å². The third kappa shape index (κ3) is 2.90. The van der Waals surface area contributed by atoms with Crippen LogP contribution in [-0.2, 0) is 18.4 Å². The van der Waals surface area contributed by atoms with Crippen LogP contribution in [0.5, 0.6) is 0 Å². The Morgan fingerprint density at radius 2 is 2.28 bits per heavy atom. The highest BCUT2D eigenvalue weighted by Gasteiger charge is 2.29. The Morgan fingerprint density at radius 1 is 1.50 bits per heavy atom. The second kappa shape index (κ2) is 5.52. The smallest absolute Gasteiger partial charge is 0.239 e. The summed E-state index contributed by atoms with van der Waals surface area (Å²) in [6.07, 6.45) is 7.19. The number of likely N-dealkylation sites (N-methyl/N-ethyl adjacent to an activating group) is 1. The molecule has 1 saturated heterocycles. The van der Waals surface area contributed by atoms with Crippen molar-refractivity contribution in [3.05, 3.63) is 18.0 Å². The molecule has 1 aliphatic heterocycles. The second-order valence-electron chi connectivity index (χ2n) is 5.24. The summed E-state index contributed by atoms with van der Waals surface area (Å²) in [5.74, 6) is 0.221. The van der Waals surface area contributed by atoms with Gasteiger partial charge in [0.1, 0.15) is 0 Å². The van der Waals surface area contributed by atoms with Crippen LogP contribution in [0.4, 0.5) is 0 Å². The van der Waals surface area contributed by atoms with E-state index in [-0.39, 0.29) is 11.9 Å². The number of aromatic nitrogens is 2. The van der Waals surface area contributed by atoms with Gasteiger partial charge in [-0.2, -0.15) is 5.10 Å². The van der Waals surface area contributed by atoms with E-state index in [1.807, 2.05) is 38.2 Å². The minimum atomic E-state index is 0.0361. The molecule has 1 amide bonds. The highest BCUT2D eigenvalue weighted by molar-refractivity contribution is 5.81. The zero-order chi connectivity index (χ0) is 13.1. The van der Waals surface area contributed by atoms with E-state index in [0.717, 1.165) is 25.9 Å². The lowest BCUT2D eigenvalue weighted by molar-refractivity contribution is -0.136. The van der Waals surface area contributed by atoms with E-state index in [4.69, 9.17) is 0 Å². The average molecular weight is 250 g/mol. The first-order chi connectivity index (χ1) is 8.58. The molecule has 100 valence electrons. The van der Waals surface area contributed by atoms with E-state index in [9.17, 15) is 4.79 Å². The molecular weight excluding hydrogens is 228 g/mol. The lowest BCUT2D eigenvalue weighted by atomic mass is 10.0. The maximum Gasteiger partial charge on any atom is 0.239 e. The summed E-state index contributed by atoms with van der Waals surface area (Å²) in [6.45, 7) is 1.82. The first-order valence-electron chi connectivity index (χ1n) is 6.50. The van der Waals surface area contributed by atoms with Gasteiger partial charge < -0.3 is 4.90 Å². The third-order valence-corrected chi connectivity index (χ3v) is 3.48. The zero-order valence-electron chi connectivity index (χ0n) is 11.5. The number of piperidine rings is 1. The summed E-state index contributed by atoms with van der Waals surface area (Å²) in [4.78, 5) is 16.1. The monoisotopic (exact) mass is 250 g/mol. The first-order valence-corrected chi connectivity index (χ1v) is 6.50. The highest BCUT2D eigenvalue weighted by atomic mass is 16.2. The molecule has 0 radical (unpaired) electrons. The molecule has 1 atom stereocenters. The summed E-state index contributed by atoms with van der Waals surface area (Å²) in [5, 5.41) is 4.18. The van der Waals surface area contributed by atoms with Crippen LogP contribution in [0, 0.1) is 0 Å². The molecule has 1 aromatic heterocycles. The van der Waals surface area contributed by atoms with Crippen LogP contribution in [-0.4, -0.2) is 52.2 Å². The van der Waals surface area contributed by atoms with E-state index in [1.165, 1.54) is 12.0 Å². The predicted octanol–water partition coefficient (Wildman–Crippen LogP) is 0.863. The molecule has 2 rings (SSSR count). The number of hydrogen-bond acceptors (Lipinski definition) is 3. The Kier molecular flexibility index (Phi) is 4.01. The van der Waals surface area contributed by atoms with E-state index < -0.39 is 0 Å². The minimum Gasteiger partial charge on any atom is -0.347 e. The van der Waals surface area contributed by atoms with Crippen LogP contribution < -0.4 is 0 Å². The Bertz CT molecular complexity index is 413. The van der Waals surface area contributed by atoms with Crippen molar-refractivity contribution in [2.24, 2.45) is 7.05 Å². The standard InChI is InChI=1S/C13H22N4O/c1-15(2)13(18)12-6-4-5-7-17(12)10-11-8-14-16(3)9-11/h8-9,12H,4-7,10H2,1-3H3/t12-/m0/s1. The van der Waals surface area contributed by atoms with E-state index in [1.54, 1.807) is 4.90 Å². The third-order valence-electron chi connectivity index (χ3n) is 3.48. The summed E-state index contributed by atoms with van der Waals surface area (Å²) < 4.78 is 1.81. The molecule has 0 saturated carbocycles. The van der Waals surface area contributed by atoms with E-state index in [2.05, 4.69) is 10.00 Å². The molecule has 5 nitrogen and oxygen atoms in total. The van der Waals surface area contributed by atoms with Gasteiger partial charge in [0.15, 0.2) is 0 Å². The summed E-state index contributed by atoms with van der Waals surface area (Å²) >= 11 is 0. The van der Waals surface area contributed by atoms with Gasteiger partial charge >= 0.3 is 0 Å². The normalized spacial score (nSPS) is 20.9. The molecule has 0 spiro atoms. The number of aryl methyl sites for hydroxylation is 1. The van der Waals surface area contributed by atoms with Crippen molar-refractivity contribution < 1.29 is 4.79 Å². The number of likely N-dealkylation sites (tertiary alicyclic amines) is 1. The van der Waals surface area contributed by atoms with Crippen LogP contribution in [0.2, 0.25) is 0 Å². The minimum absolute atomic E-state index is 0.0361. The van der Waals surface area contributed by atoms with Crippen molar-refractivity contribution in [1.82, 2.24) is 19.6 Å². The van der Waals surface area contributed by atoms with Gasteiger partial charge in [0.05, 0.1) is 12.2 Å². The molecule has 1 aromatic rings. The predicted molar refractivity (Wildman–Crippen MR) is 70.0 cm³/mol. The molecule has 2 heterocycles. The first kappa shape index (κ1) is 13.1. The lowest BCUT2D eigenvalue weighted by Crippen LogP contribution is -2.48. The molecule has 0 aliphatic carbocycles. The maximum atomic E-state index is 12.2. The van der Waals surface area contributed by atoms with Crippen molar-refractivity contribution in [1.29, 1.82) is 0 Å². The number of nitrogens with zero attached hydrogens (tertiary/aromatic N) is 4. The number of hydrogen-bond donors (Lipinski definition) is 0. The van der Waals surface area contributed by atoms with Crippen molar-refractivity contribution in [2.75, 3.05) is 20.6 Å². The van der Waals surface area contributed by atoms with Gasteiger partial charge in [-0.25, -0.2) is 0 Å². The van der Waals surface area contributed by atoms with E-state index >= 15 is 0 Å². The number of amides is 1. The van der Waals surface area contributed by atoms with Crippen molar-refractivity contribution in [3.8, 4) is 0 Å². The van der Waals surface area contributed by atoms with Crippen LogP contribution in [0.25, 0.3) is 0 Å². The Labute approximate surface area is 108 Å². The average Bonchev–Trinajstić information content (AvgIpc) is 2.74. The largest absolute Gasteiger partial charge is 0.347 e. The number of carbonyl (C=O) groups is 1. The number of rotatable bonds is 3. The van der Waals surface area contributed by atoms with Crippen LogP contribution >= 0.6 is 0 Å². The zero-order valence-corrected chi connectivity index (χ0v) is 11.5. The fourth-order valence-corrected chi connectivity index (χ4v) is 2.55. The highest BCUT2D eigenvalue weighted by Crippen LogP contribution is 2.20. The molecule has 0 N–H and O–H groups in total. The quantitative estimate of drug-likeness (QED) is 0.799. The van der Waals surface area contributed by atoms with Crippen LogP contribution in [0.3, 0.4) is 0 Å². The lowest BCUT2D eigenvalue weighted by Gasteiger charge is -2.35. The fourth-order valence-electron chi connectivity index (χ4n) is 2.55. The molecule has 0 unspecified atom stereocenters. The van der Waals surface area contributed by atoms with Gasteiger partial charge in [0.25, 0.3) is 0 Å². The fraction of sp³-hybridized carbons (Fsp3) is 0.692. The molecular formula is C13H22N4O. The Hall–Kier alpha value is -1.36. The van der Waals surface area contributed by atoms with Crippen molar-refractivity contribution in [3.63, 3.8) is 0 Å². The summed E-state index contributed by atoms with van der Waals surface area (Å²) in [5.41, 5.74) is 1.18. The summed E-state index contributed by atoms with van der Waals surface area (Å²) in [6, 6.07) is 0.0361. The topological polar surface area (TPSA) is 41.4 Å². The van der Waals surface area contributed by atoms with Gasteiger partial charge in [-0.15, -0.1) is 0 Å². The van der Waals surface area contributed by atoms with Gasteiger partial charge in [-0.1, -0.05) is 6.42 Å². The second-order valence-corrected chi connectivity index (χ2v) is 5.24. The van der Waals surface area contributed by atoms with Gasteiger partial charge in [0.2, 0.25) is 5.91 Å². The maximum absolute atomic E-state index is 12.2. The Balaban J connectivity index is 2.06. The van der Waals surface area contributed by atoms with Gasteiger partial charge in [-0.3, -0.25) is 14.4 Å². The van der Waals surface area contributed by atoms with Gasteiger partial charge in [-0.05, 0) is 19.4 Å². The molecule has 5 heteroatoms. The van der Waals surface area contributed by atoms with Crippen molar-refractivity contribution >= 4 is 5.91 Å². The SMILES string of the molecule is CN(C)C(=O)[C@@H]1CCCCN1Cc1cnn(C)c1. The molecule has 1 fully saturated rings. The molecule has 0 bridgehead atoms. The van der Waals surface area contributed by atoms with Gasteiger partial charge in [0, 0.05) is 39.4 Å². The van der Waals surface area contributed by atoms with Crippen molar-refractivity contribution in [2.45, 2.75) is 31.8 Å². The summed E-state index contributed by atoms with van der Waals surface area (Å²) in [7, 11) is 5.58. The molecule has 1 aliphatic rings. The van der Waals surface area contributed by atoms with Crippen LogP contribution in [0.1, 0.15) is 24.8 Å².